The molecule has 2 rings (SSSR count). The highest BCUT2D eigenvalue weighted by Gasteiger charge is 2.14. The summed E-state index contributed by atoms with van der Waals surface area (Å²) in [7, 11) is 1.95. The lowest BCUT2D eigenvalue weighted by atomic mass is 10.2. The van der Waals surface area contributed by atoms with Crippen molar-refractivity contribution in [1.29, 1.82) is 0 Å². The maximum Gasteiger partial charge on any atom is 0.127 e. The van der Waals surface area contributed by atoms with Crippen molar-refractivity contribution in [2.75, 3.05) is 11.5 Å². The molecule has 5 heteroatoms. The molecule has 2 nitrogen and oxygen atoms in total. The molecule has 0 aliphatic carbocycles. The fraction of sp³-hybridized carbons (Fsp3) is 0.636. The maximum absolute atomic E-state index is 6.02. The molecular formula is C11H16Cl2N2S. The van der Waals surface area contributed by atoms with Crippen LogP contribution >= 0.6 is 35.0 Å². The smallest absolute Gasteiger partial charge is 0.127 e. The zero-order valence-electron chi connectivity index (χ0n) is 9.30. The van der Waals surface area contributed by atoms with E-state index in [1.165, 1.54) is 24.3 Å². The van der Waals surface area contributed by atoms with Gasteiger partial charge in [-0.15, -0.1) is 0 Å². The van der Waals surface area contributed by atoms with Crippen molar-refractivity contribution in [2.24, 2.45) is 7.05 Å². The Morgan fingerprint density at radius 1 is 1.56 bits per heavy atom. The first-order valence-corrected chi connectivity index (χ1v) is 7.40. The van der Waals surface area contributed by atoms with E-state index in [2.05, 4.69) is 5.32 Å². The Labute approximate surface area is 111 Å². The van der Waals surface area contributed by atoms with Gasteiger partial charge in [0.05, 0.1) is 5.02 Å². The van der Waals surface area contributed by atoms with Gasteiger partial charge < -0.3 is 9.88 Å². The van der Waals surface area contributed by atoms with Crippen molar-refractivity contribution >= 4 is 35.0 Å². The minimum absolute atomic E-state index is 0.622. The maximum atomic E-state index is 6.02. The van der Waals surface area contributed by atoms with Gasteiger partial charge in [-0.1, -0.05) is 23.2 Å². The van der Waals surface area contributed by atoms with E-state index in [0.717, 1.165) is 12.2 Å². The van der Waals surface area contributed by atoms with Crippen LogP contribution in [0.4, 0.5) is 0 Å². The molecule has 1 N–H and O–H groups in total. The summed E-state index contributed by atoms with van der Waals surface area (Å²) in [5.74, 6) is 2.52. The molecule has 16 heavy (non-hydrogen) atoms. The monoisotopic (exact) mass is 278 g/mol. The Kier molecular flexibility index (Phi) is 4.48. The van der Waals surface area contributed by atoms with E-state index in [9.17, 15) is 0 Å². The van der Waals surface area contributed by atoms with Gasteiger partial charge in [-0.3, -0.25) is 0 Å². The third kappa shape index (κ3) is 2.89. The van der Waals surface area contributed by atoms with Gasteiger partial charge in [0.25, 0.3) is 0 Å². The Bertz CT molecular complexity index is 359. The highest BCUT2D eigenvalue weighted by molar-refractivity contribution is 7.99. The third-order valence-electron chi connectivity index (χ3n) is 2.95. The predicted molar refractivity (Wildman–Crippen MR) is 72.6 cm³/mol. The number of aromatic nitrogens is 1. The highest BCUT2D eigenvalue weighted by Crippen LogP contribution is 2.25. The molecule has 2 heterocycles. The van der Waals surface area contributed by atoms with Gasteiger partial charge in [0.1, 0.15) is 5.15 Å². The second-order valence-electron chi connectivity index (χ2n) is 4.13. The van der Waals surface area contributed by atoms with Gasteiger partial charge >= 0.3 is 0 Å². The molecule has 0 aromatic carbocycles. The molecule has 1 aliphatic heterocycles. The summed E-state index contributed by atoms with van der Waals surface area (Å²) in [5.41, 5.74) is 1.14. The van der Waals surface area contributed by atoms with Crippen molar-refractivity contribution in [2.45, 2.75) is 25.4 Å². The second kappa shape index (κ2) is 5.67. The molecule has 0 radical (unpaired) electrons. The van der Waals surface area contributed by atoms with E-state index in [1.54, 1.807) is 0 Å². The van der Waals surface area contributed by atoms with Crippen LogP contribution < -0.4 is 5.32 Å². The molecule has 1 saturated heterocycles. The van der Waals surface area contributed by atoms with Crippen molar-refractivity contribution in [3.63, 3.8) is 0 Å². The number of hydrogen-bond acceptors (Lipinski definition) is 2. The van der Waals surface area contributed by atoms with Crippen molar-refractivity contribution in [3.8, 4) is 0 Å². The van der Waals surface area contributed by atoms with Crippen LogP contribution in [0.25, 0.3) is 0 Å². The summed E-state index contributed by atoms with van der Waals surface area (Å²) < 4.78 is 1.94. The van der Waals surface area contributed by atoms with Crippen LogP contribution in [-0.2, 0) is 13.6 Å². The predicted octanol–water partition coefficient (Wildman–Crippen LogP) is 3.32. The second-order valence-corrected chi connectivity index (χ2v) is 6.04. The fourth-order valence-electron chi connectivity index (χ4n) is 1.91. The van der Waals surface area contributed by atoms with Gasteiger partial charge in [-0.25, -0.2) is 0 Å². The Morgan fingerprint density at radius 2 is 2.38 bits per heavy atom. The molecular weight excluding hydrogens is 263 g/mol. The normalized spacial score (nSPS) is 21.3. The van der Waals surface area contributed by atoms with Gasteiger partial charge in [0, 0.05) is 31.1 Å². The summed E-state index contributed by atoms with van der Waals surface area (Å²) in [6.07, 6.45) is 2.59. The fourth-order valence-corrected chi connectivity index (χ4v) is 3.43. The average Bonchev–Trinajstić information content (AvgIpc) is 2.56. The summed E-state index contributed by atoms with van der Waals surface area (Å²) in [6.45, 7) is 0.841. The van der Waals surface area contributed by atoms with Crippen LogP contribution in [0.2, 0.25) is 10.2 Å². The Morgan fingerprint density at radius 3 is 2.94 bits per heavy atom. The van der Waals surface area contributed by atoms with Crippen LogP contribution in [0.1, 0.15) is 18.5 Å². The van der Waals surface area contributed by atoms with Gasteiger partial charge in [-0.05, 0) is 24.7 Å². The van der Waals surface area contributed by atoms with Crippen LogP contribution in [0, 0.1) is 0 Å². The van der Waals surface area contributed by atoms with Crippen LogP contribution in [0.15, 0.2) is 6.07 Å². The van der Waals surface area contributed by atoms with Crippen molar-refractivity contribution < 1.29 is 0 Å². The van der Waals surface area contributed by atoms with E-state index < -0.39 is 0 Å². The lowest BCUT2D eigenvalue weighted by Gasteiger charge is -2.22. The van der Waals surface area contributed by atoms with E-state index >= 15 is 0 Å². The molecule has 1 atom stereocenters. The zero-order chi connectivity index (χ0) is 11.5. The minimum atomic E-state index is 0.622. The quantitative estimate of drug-likeness (QED) is 0.914. The standard InChI is InChI=1S/C11H16Cl2N2S/c1-15-9(5-10(12)11(15)13)6-14-8-3-2-4-16-7-8/h5,8,14H,2-4,6-7H2,1H3. The molecule has 0 bridgehead atoms. The van der Waals surface area contributed by atoms with Crippen molar-refractivity contribution in [3.05, 3.63) is 21.9 Å². The summed E-state index contributed by atoms with van der Waals surface area (Å²) in [6, 6.07) is 2.57. The molecule has 1 aromatic heterocycles. The topological polar surface area (TPSA) is 17.0 Å². The van der Waals surface area contributed by atoms with E-state index in [-0.39, 0.29) is 0 Å². The molecule has 1 unspecified atom stereocenters. The number of nitrogens with zero attached hydrogens (tertiary/aromatic N) is 1. The molecule has 0 spiro atoms. The minimum Gasteiger partial charge on any atom is -0.336 e. The largest absolute Gasteiger partial charge is 0.336 e. The van der Waals surface area contributed by atoms with Crippen LogP contribution in [0.5, 0.6) is 0 Å². The number of halogens is 2. The molecule has 1 aromatic rings. The van der Waals surface area contributed by atoms with Gasteiger partial charge in [0.2, 0.25) is 0 Å². The zero-order valence-corrected chi connectivity index (χ0v) is 11.6. The number of hydrogen-bond donors (Lipinski definition) is 1. The summed E-state index contributed by atoms with van der Waals surface area (Å²) in [4.78, 5) is 0. The third-order valence-corrected chi connectivity index (χ3v) is 5.01. The first kappa shape index (κ1) is 12.6. The van der Waals surface area contributed by atoms with Gasteiger partial charge in [0.15, 0.2) is 0 Å². The summed E-state index contributed by atoms with van der Waals surface area (Å²) >= 11 is 14.0. The number of nitrogens with one attached hydrogen (secondary N) is 1. The van der Waals surface area contributed by atoms with Crippen LogP contribution in [0.3, 0.4) is 0 Å². The van der Waals surface area contributed by atoms with E-state index in [1.807, 2.05) is 29.4 Å². The molecule has 0 amide bonds. The SMILES string of the molecule is Cn1c(CNC2CCCSC2)cc(Cl)c1Cl. The average molecular weight is 279 g/mol. The number of thioether (sulfide) groups is 1. The first-order chi connectivity index (χ1) is 7.68. The lowest BCUT2D eigenvalue weighted by Crippen LogP contribution is -2.33. The van der Waals surface area contributed by atoms with Crippen molar-refractivity contribution in [1.82, 2.24) is 9.88 Å². The first-order valence-electron chi connectivity index (χ1n) is 5.49. The van der Waals surface area contributed by atoms with Crippen LogP contribution in [-0.4, -0.2) is 22.1 Å². The molecule has 1 aliphatic rings. The van der Waals surface area contributed by atoms with Gasteiger partial charge in [-0.2, -0.15) is 11.8 Å². The molecule has 0 saturated carbocycles. The Hall–Kier alpha value is 0.170. The summed E-state index contributed by atoms with van der Waals surface area (Å²) in [5, 5.41) is 4.82. The number of rotatable bonds is 3. The van der Waals surface area contributed by atoms with E-state index in [4.69, 9.17) is 23.2 Å². The Balaban J connectivity index is 1.91. The van der Waals surface area contributed by atoms with E-state index in [0.29, 0.717) is 16.2 Å². The molecule has 1 fully saturated rings. The molecule has 90 valence electrons. The lowest BCUT2D eigenvalue weighted by molar-refractivity contribution is 0.499. The highest BCUT2D eigenvalue weighted by atomic mass is 35.5.